The quantitative estimate of drug-likeness (QED) is 0.775. The van der Waals surface area contributed by atoms with Gasteiger partial charge in [0.05, 0.1) is 5.75 Å². The van der Waals surface area contributed by atoms with Crippen molar-refractivity contribution in [1.82, 2.24) is 10.0 Å². The molecule has 1 aliphatic rings. The molecule has 2 amide bonds. The van der Waals surface area contributed by atoms with E-state index < -0.39 is 10.0 Å². The van der Waals surface area contributed by atoms with Crippen molar-refractivity contribution >= 4 is 27.5 Å². The molecule has 1 aliphatic heterocycles. The number of carbonyl (C=O) groups is 2. The fourth-order valence-electron chi connectivity index (χ4n) is 2.24. The van der Waals surface area contributed by atoms with Crippen molar-refractivity contribution in [3.05, 3.63) is 29.8 Å². The number of nitrogens with zero attached hydrogens (tertiary/aromatic N) is 1. The lowest BCUT2D eigenvalue weighted by molar-refractivity contribution is -0.117. The van der Waals surface area contributed by atoms with Gasteiger partial charge in [0.25, 0.3) is 5.91 Å². The molecule has 7 nitrogen and oxygen atoms in total. The third kappa shape index (κ3) is 4.05. The van der Waals surface area contributed by atoms with Gasteiger partial charge >= 0.3 is 0 Å². The van der Waals surface area contributed by atoms with E-state index in [1.54, 1.807) is 29.2 Å². The standard InChI is InChI=1S/C14H19N3O4S/c1-15-22(20,21)9-7-16-14(19)11-4-2-5-12(10-11)17-8-3-6-13(17)18/h2,4-5,10,15H,3,6-9H2,1H3,(H,16,19). The summed E-state index contributed by atoms with van der Waals surface area (Å²) in [7, 11) is -2.02. The Morgan fingerprint density at radius 3 is 2.77 bits per heavy atom. The Balaban J connectivity index is 2.00. The van der Waals surface area contributed by atoms with E-state index in [0.717, 1.165) is 6.42 Å². The van der Waals surface area contributed by atoms with E-state index in [1.807, 2.05) is 0 Å². The maximum atomic E-state index is 12.0. The average Bonchev–Trinajstić information content (AvgIpc) is 2.93. The van der Waals surface area contributed by atoms with Crippen LogP contribution >= 0.6 is 0 Å². The number of nitrogens with one attached hydrogen (secondary N) is 2. The number of carbonyl (C=O) groups excluding carboxylic acids is 2. The largest absolute Gasteiger partial charge is 0.351 e. The van der Waals surface area contributed by atoms with Crippen molar-refractivity contribution in [2.45, 2.75) is 12.8 Å². The minimum Gasteiger partial charge on any atom is -0.351 e. The highest BCUT2D eigenvalue weighted by Crippen LogP contribution is 2.22. The lowest BCUT2D eigenvalue weighted by Gasteiger charge is -2.16. The molecule has 120 valence electrons. The maximum absolute atomic E-state index is 12.0. The number of hydrogen-bond donors (Lipinski definition) is 2. The van der Waals surface area contributed by atoms with Crippen LogP contribution in [0, 0.1) is 0 Å². The molecule has 0 bridgehead atoms. The average molecular weight is 325 g/mol. The zero-order chi connectivity index (χ0) is 16.2. The number of anilines is 1. The van der Waals surface area contributed by atoms with Gasteiger partial charge in [-0.25, -0.2) is 13.1 Å². The molecule has 1 fully saturated rings. The van der Waals surface area contributed by atoms with Crippen LogP contribution in [0.15, 0.2) is 24.3 Å². The van der Waals surface area contributed by atoms with Gasteiger partial charge in [0.15, 0.2) is 0 Å². The summed E-state index contributed by atoms with van der Waals surface area (Å²) in [4.78, 5) is 25.4. The lowest BCUT2D eigenvalue weighted by Crippen LogP contribution is -2.33. The minimum atomic E-state index is -3.34. The number of amides is 2. The predicted molar refractivity (Wildman–Crippen MR) is 83.2 cm³/mol. The molecule has 1 aromatic rings. The molecule has 0 saturated carbocycles. The lowest BCUT2D eigenvalue weighted by atomic mass is 10.1. The second-order valence-electron chi connectivity index (χ2n) is 4.98. The van der Waals surface area contributed by atoms with Crippen LogP contribution in [0.4, 0.5) is 5.69 Å². The monoisotopic (exact) mass is 325 g/mol. The van der Waals surface area contributed by atoms with E-state index in [9.17, 15) is 18.0 Å². The Labute approximate surface area is 129 Å². The summed E-state index contributed by atoms with van der Waals surface area (Å²) in [6.45, 7) is 0.680. The molecule has 0 atom stereocenters. The maximum Gasteiger partial charge on any atom is 0.251 e. The zero-order valence-electron chi connectivity index (χ0n) is 12.3. The van der Waals surface area contributed by atoms with E-state index in [0.29, 0.717) is 24.2 Å². The van der Waals surface area contributed by atoms with Crippen molar-refractivity contribution < 1.29 is 18.0 Å². The number of benzene rings is 1. The first-order chi connectivity index (χ1) is 10.4. The van der Waals surface area contributed by atoms with Crippen LogP contribution in [0.2, 0.25) is 0 Å². The van der Waals surface area contributed by atoms with Gasteiger partial charge in [-0.3, -0.25) is 9.59 Å². The molecule has 1 saturated heterocycles. The smallest absolute Gasteiger partial charge is 0.251 e. The Kier molecular flexibility index (Phi) is 5.15. The van der Waals surface area contributed by atoms with Gasteiger partial charge in [-0.1, -0.05) is 6.07 Å². The van der Waals surface area contributed by atoms with Gasteiger partial charge in [-0.05, 0) is 31.7 Å². The normalized spacial score (nSPS) is 15.1. The van der Waals surface area contributed by atoms with Crippen LogP contribution in [-0.2, 0) is 14.8 Å². The van der Waals surface area contributed by atoms with Crippen molar-refractivity contribution in [2.75, 3.05) is 30.8 Å². The number of rotatable bonds is 6. The second kappa shape index (κ2) is 6.89. The predicted octanol–water partition coefficient (Wildman–Crippen LogP) is 0.0924. The Morgan fingerprint density at radius 1 is 1.36 bits per heavy atom. The SMILES string of the molecule is CNS(=O)(=O)CCNC(=O)c1cccc(N2CCCC2=O)c1. The molecule has 1 heterocycles. The van der Waals surface area contributed by atoms with Gasteiger partial charge in [0, 0.05) is 30.8 Å². The van der Waals surface area contributed by atoms with Crippen molar-refractivity contribution in [3.8, 4) is 0 Å². The van der Waals surface area contributed by atoms with Crippen LogP contribution < -0.4 is 14.9 Å². The highest BCUT2D eigenvalue weighted by molar-refractivity contribution is 7.89. The van der Waals surface area contributed by atoms with Crippen LogP contribution in [0.3, 0.4) is 0 Å². The third-order valence-corrected chi connectivity index (χ3v) is 4.82. The van der Waals surface area contributed by atoms with E-state index in [2.05, 4.69) is 10.0 Å². The fourth-order valence-corrected chi connectivity index (χ4v) is 2.81. The molecule has 0 unspecified atom stereocenters. The van der Waals surface area contributed by atoms with Crippen LogP contribution in [0.1, 0.15) is 23.2 Å². The van der Waals surface area contributed by atoms with E-state index in [4.69, 9.17) is 0 Å². The number of hydrogen-bond acceptors (Lipinski definition) is 4. The molecule has 22 heavy (non-hydrogen) atoms. The first kappa shape index (κ1) is 16.4. The van der Waals surface area contributed by atoms with Gasteiger partial charge in [-0.2, -0.15) is 0 Å². The van der Waals surface area contributed by atoms with Crippen molar-refractivity contribution in [2.24, 2.45) is 0 Å². The molecule has 0 aliphatic carbocycles. The topological polar surface area (TPSA) is 95.6 Å². The summed E-state index contributed by atoms with van der Waals surface area (Å²) < 4.78 is 24.7. The first-order valence-corrected chi connectivity index (χ1v) is 8.68. The molecule has 8 heteroatoms. The molecular weight excluding hydrogens is 306 g/mol. The summed E-state index contributed by atoms with van der Waals surface area (Å²) in [5.41, 5.74) is 1.09. The first-order valence-electron chi connectivity index (χ1n) is 7.03. The Hall–Kier alpha value is -1.93. The van der Waals surface area contributed by atoms with Crippen LogP contribution in [-0.4, -0.2) is 46.1 Å². The summed E-state index contributed by atoms with van der Waals surface area (Å²) in [6, 6.07) is 6.77. The molecule has 0 aromatic heterocycles. The fraction of sp³-hybridized carbons (Fsp3) is 0.429. The Morgan fingerprint density at radius 2 is 2.14 bits per heavy atom. The minimum absolute atomic E-state index is 0.0227. The van der Waals surface area contributed by atoms with Gasteiger partial charge in [0.2, 0.25) is 15.9 Å². The van der Waals surface area contributed by atoms with Gasteiger partial charge < -0.3 is 10.2 Å². The molecule has 1 aromatic carbocycles. The van der Waals surface area contributed by atoms with Gasteiger partial charge in [0.1, 0.15) is 0 Å². The summed E-state index contributed by atoms with van der Waals surface area (Å²) in [5.74, 6) is -0.489. The molecule has 0 spiro atoms. The molecule has 2 N–H and O–H groups in total. The zero-order valence-corrected chi connectivity index (χ0v) is 13.1. The van der Waals surface area contributed by atoms with Crippen LogP contribution in [0.5, 0.6) is 0 Å². The molecular formula is C14H19N3O4S. The summed E-state index contributed by atoms with van der Waals surface area (Å²) in [5, 5.41) is 2.56. The highest BCUT2D eigenvalue weighted by Gasteiger charge is 2.22. The molecule has 0 radical (unpaired) electrons. The van der Waals surface area contributed by atoms with Crippen LogP contribution in [0.25, 0.3) is 0 Å². The summed E-state index contributed by atoms with van der Waals surface area (Å²) >= 11 is 0. The summed E-state index contributed by atoms with van der Waals surface area (Å²) in [6.07, 6.45) is 1.34. The Bertz CT molecular complexity index is 672. The van der Waals surface area contributed by atoms with E-state index in [-0.39, 0.29) is 24.1 Å². The third-order valence-electron chi connectivity index (χ3n) is 3.46. The van der Waals surface area contributed by atoms with Crippen molar-refractivity contribution in [1.29, 1.82) is 0 Å². The highest BCUT2D eigenvalue weighted by atomic mass is 32.2. The van der Waals surface area contributed by atoms with E-state index >= 15 is 0 Å². The van der Waals surface area contributed by atoms with Gasteiger partial charge in [-0.15, -0.1) is 0 Å². The van der Waals surface area contributed by atoms with E-state index in [1.165, 1.54) is 7.05 Å². The second-order valence-corrected chi connectivity index (χ2v) is 7.02. The molecule has 2 rings (SSSR count). The van der Waals surface area contributed by atoms with Crippen molar-refractivity contribution in [3.63, 3.8) is 0 Å². The number of sulfonamides is 1.